The number of hydrogen-bond donors (Lipinski definition) is 0. The molecule has 7 heteroatoms. The van der Waals surface area contributed by atoms with Crippen LogP contribution in [0.15, 0.2) is 84.9 Å². The highest BCUT2D eigenvalue weighted by molar-refractivity contribution is 6.15. The maximum Gasteiger partial charge on any atom is 0.265 e. The Bertz CT molecular complexity index is 1430. The van der Waals surface area contributed by atoms with Crippen molar-refractivity contribution in [2.24, 2.45) is 0 Å². The molecule has 0 radical (unpaired) electrons. The number of anilines is 1. The molecule has 36 heavy (non-hydrogen) atoms. The number of pyridine rings is 1. The lowest BCUT2D eigenvalue weighted by Crippen LogP contribution is -2.54. The van der Waals surface area contributed by atoms with E-state index in [-0.39, 0.29) is 18.4 Å². The number of nitrogens with zero attached hydrogens (tertiary/aromatic N) is 3. The number of rotatable bonds is 3. The first-order valence-electron chi connectivity index (χ1n) is 12.1. The van der Waals surface area contributed by atoms with Crippen LogP contribution in [0.2, 0.25) is 0 Å². The smallest absolute Gasteiger partial charge is 0.265 e. The van der Waals surface area contributed by atoms with Crippen molar-refractivity contribution in [1.82, 2.24) is 9.88 Å². The van der Waals surface area contributed by atoms with Crippen molar-refractivity contribution >= 4 is 28.4 Å². The van der Waals surface area contributed by atoms with Crippen LogP contribution in [0.3, 0.4) is 0 Å². The minimum Gasteiger partial charge on any atom is -0.476 e. The second-order valence-corrected chi connectivity index (χ2v) is 8.87. The largest absolute Gasteiger partial charge is 0.476 e. The molecule has 7 nitrogen and oxygen atoms in total. The highest BCUT2D eigenvalue weighted by Gasteiger charge is 2.37. The first kappa shape index (κ1) is 22.2. The van der Waals surface area contributed by atoms with Gasteiger partial charge >= 0.3 is 0 Å². The first-order chi connectivity index (χ1) is 17.7. The Kier molecular flexibility index (Phi) is 5.83. The van der Waals surface area contributed by atoms with Gasteiger partial charge in [-0.1, -0.05) is 60.7 Å². The molecule has 2 amide bonds. The quantitative estimate of drug-likeness (QED) is 0.441. The lowest BCUT2D eigenvalue weighted by molar-refractivity contribution is -0.142. The number of fused-ring (bicyclic) bond motifs is 2. The van der Waals surface area contributed by atoms with E-state index in [1.54, 1.807) is 15.9 Å². The number of morpholine rings is 1. The van der Waals surface area contributed by atoms with Crippen molar-refractivity contribution in [2.75, 3.05) is 37.7 Å². The number of para-hydroxylation sites is 3. The fourth-order valence-electron chi connectivity index (χ4n) is 4.80. The molecule has 2 aliphatic rings. The summed E-state index contributed by atoms with van der Waals surface area (Å²) < 4.78 is 11.5. The molecule has 180 valence electrons. The fraction of sp³-hybridized carbons (Fsp3) is 0.207. The average Bonchev–Trinajstić information content (AvgIpc) is 2.96. The van der Waals surface area contributed by atoms with Crippen molar-refractivity contribution in [2.45, 2.75) is 6.10 Å². The molecule has 1 atom stereocenters. The predicted octanol–water partition coefficient (Wildman–Crippen LogP) is 4.17. The number of benzene rings is 3. The zero-order valence-corrected chi connectivity index (χ0v) is 19.7. The van der Waals surface area contributed by atoms with E-state index in [4.69, 9.17) is 14.5 Å². The minimum atomic E-state index is -0.788. The van der Waals surface area contributed by atoms with Gasteiger partial charge in [-0.25, -0.2) is 4.98 Å². The third kappa shape index (κ3) is 4.07. The fourth-order valence-corrected chi connectivity index (χ4v) is 4.80. The van der Waals surface area contributed by atoms with Crippen molar-refractivity contribution in [3.8, 4) is 17.0 Å². The van der Waals surface area contributed by atoms with E-state index in [1.807, 2.05) is 78.9 Å². The molecule has 0 spiro atoms. The molecule has 1 unspecified atom stereocenters. The summed E-state index contributed by atoms with van der Waals surface area (Å²) in [5.74, 6) is 0.196. The highest BCUT2D eigenvalue weighted by atomic mass is 16.5. The topological polar surface area (TPSA) is 72.0 Å². The summed E-state index contributed by atoms with van der Waals surface area (Å²) in [6, 6.07) is 26.7. The molecule has 0 bridgehead atoms. The van der Waals surface area contributed by atoms with Gasteiger partial charge in [-0.15, -0.1) is 0 Å². The Morgan fingerprint density at radius 2 is 1.58 bits per heavy atom. The van der Waals surface area contributed by atoms with Crippen LogP contribution in [-0.2, 0) is 9.53 Å². The van der Waals surface area contributed by atoms with E-state index in [0.717, 1.165) is 22.2 Å². The SMILES string of the molecule is O=C(C1CN(C(=O)c2cc(-c3ccccc3)nc3ccccc23)c2ccccc2O1)N1CCOCC1. The third-order valence-electron chi connectivity index (χ3n) is 6.63. The van der Waals surface area contributed by atoms with Gasteiger partial charge in [-0.3, -0.25) is 9.59 Å². The minimum absolute atomic E-state index is 0.128. The second kappa shape index (κ2) is 9.43. The normalized spacial score (nSPS) is 17.4. The summed E-state index contributed by atoms with van der Waals surface area (Å²) in [6.07, 6.45) is -0.788. The van der Waals surface area contributed by atoms with Gasteiger partial charge in [0.2, 0.25) is 0 Å². The number of ether oxygens (including phenoxy) is 2. The summed E-state index contributed by atoms with van der Waals surface area (Å²) in [4.78, 5) is 35.7. The molecular weight excluding hydrogens is 454 g/mol. The van der Waals surface area contributed by atoms with Gasteiger partial charge in [0.25, 0.3) is 11.8 Å². The van der Waals surface area contributed by atoms with Gasteiger partial charge in [-0.2, -0.15) is 0 Å². The number of aromatic nitrogens is 1. The number of hydrogen-bond acceptors (Lipinski definition) is 5. The van der Waals surface area contributed by atoms with Crippen LogP contribution >= 0.6 is 0 Å². The molecule has 1 saturated heterocycles. The van der Waals surface area contributed by atoms with Gasteiger partial charge in [-0.05, 0) is 24.3 Å². The molecule has 4 aromatic rings. The van der Waals surface area contributed by atoms with Gasteiger partial charge in [0, 0.05) is 24.0 Å². The van der Waals surface area contributed by atoms with Gasteiger partial charge in [0.05, 0.1) is 42.2 Å². The monoisotopic (exact) mass is 479 g/mol. The zero-order valence-electron chi connectivity index (χ0n) is 19.7. The van der Waals surface area contributed by atoms with Crippen LogP contribution in [0.4, 0.5) is 5.69 Å². The Morgan fingerprint density at radius 1 is 0.861 bits per heavy atom. The van der Waals surface area contributed by atoms with Crippen molar-refractivity contribution in [1.29, 1.82) is 0 Å². The summed E-state index contributed by atoms with van der Waals surface area (Å²) in [5, 5.41) is 0.766. The van der Waals surface area contributed by atoms with E-state index in [2.05, 4.69) is 0 Å². The number of carbonyl (C=O) groups is 2. The van der Waals surface area contributed by atoms with Crippen molar-refractivity contribution in [3.63, 3.8) is 0 Å². The van der Waals surface area contributed by atoms with Crippen LogP contribution in [0.1, 0.15) is 10.4 Å². The number of amides is 2. The van der Waals surface area contributed by atoms with E-state index >= 15 is 0 Å². The van der Waals surface area contributed by atoms with Crippen molar-refractivity contribution in [3.05, 3.63) is 90.5 Å². The summed E-state index contributed by atoms with van der Waals surface area (Å²) in [7, 11) is 0. The van der Waals surface area contributed by atoms with E-state index < -0.39 is 6.10 Å². The van der Waals surface area contributed by atoms with Crippen LogP contribution < -0.4 is 9.64 Å². The van der Waals surface area contributed by atoms with Crippen LogP contribution in [0.25, 0.3) is 22.2 Å². The lowest BCUT2D eigenvalue weighted by Gasteiger charge is -2.37. The Morgan fingerprint density at radius 3 is 2.42 bits per heavy atom. The van der Waals surface area contributed by atoms with E-state index in [1.165, 1.54) is 0 Å². The molecule has 0 saturated carbocycles. The summed E-state index contributed by atoms with van der Waals surface area (Å²) in [6.45, 7) is 2.17. The molecule has 0 aliphatic carbocycles. The first-order valence-corrected chi connectivity index (χ1v) is 12.1. The summed E-state index contributed by atoms with van der Waals surface area (Å²) >= 11 is 0. The van der Waals surface area contributed by atoms with E-state index in [9.17, 15) is 9.59 Å². The highest BCUT2D eigenvalue weighted by Crippen LogP contribution is 2.36. The zero-order chi connectivity index (χ0) is 24.5. The van der Waals surface area contributed by atoms with Crippen molar-refractivity contribution < 1.29 is 19.1 Å². The maximum absolute atomic E-state index is 14.2. The molecule has 6 rings (SSSR count). The Balaban J connectivity index is 1.42. The third-order valence-corrected chi connectivity index (χ3v) is 6.63. The number of carbonyl (C=O) groups excluding carboxylic acids is 2. The standard InChI is InChI=1S/C29H25N3O4/c33-28(22-18-24(20-8-2-1-3-9-20)30-23-11-5-4-10-21(22)23)32-19-27(29(34)31-14-16-35-17-15-31)36-26-13-7-6-12-25(26)32/h1-13,18,27H,14-17,19H2. The lowest BCUT2D eigenvalue weighted by atomic mass is 10.0. The summed E-state index contributed by atoms with van der Waals surface area (Å²) in [5.41, 5.74) is 3.58. The van der Waals surface area contributed by atoms with Crippen LogP contribution in [0, 0.1) is 0 Å². The Labute approximate surface area is 208 Å². The molecule has 3 aromatic carbocycles. The molecule has 0 N–H and O–H groups in total. The molecule has 2 aliphatic heterocycles. The van der Waals surface area contributed by atoms with Crippen LogP contribution in [-0.4, -0.2) is 60.7 Å². The average molecular weight is 480 g/mol. The Hall–Kier alpha value is -4.23. The second-order valence-electron chi connectivity index (χ2n) is 8.87. The molecule has 1 aromatic heterocycles. The van der Waals surface area contributed by atoms with Gasteiger partial charge in [0.1, 0.15) is 5.75 Å². The van der Waals surface area contributed by atoms with Crippen LogP contribution in [0.5, 0.6) is 5.75 Å². The predicted molar refractivity (Wildman–Crippen MR) is 137 cm³/mol. The van der Waals surface area contributed by atoms with Gasteiger partial charge in [0.15, 0.2) is 6.10 Å². The molecular formula is C29H25N3O4. The molecule has 1 fully saturated rings. The molecule has 3 heterocycles. The maximum atomic E-state index is 14.2. The van der Waals surface area contributed by atoms with Gasteiger partial charge < -0.3 is 19.3 Å². The van der Waals surface area contributed by atoms with E-state index in [0.29, 0.717) is 43.3 Å².